The smallest absolute Gasteiger partial charge is 0.332 e. The first-order chi connectivity index (χ1) is 14.1. The van der Waals surface area contributed by atoms with Crippen LogP contribution in [0.2, 0.25) is 0 Å². The number of hydrogen-bond donors (Lipinski definition) is 2. The van der Waals surface area contributed by atoms with E-state index in [2.05, 4.69) is 51.7 Å². The molecule has 4 rings (SSSR count). The number of imidazole rings is 1. The molecule has 0 bridgehead atoms. The van der Waals surface area contributed by atoms with Crippen LogP contribution in [0.15, 0.2) is 57.8 Å². The summed E-state index contributed by atoms with van der Waals surface area (Å²) in [4.78, 5) is 36.4. The van der Waals surface area contributed by atoms with E-state index in [0.29, 0.717) is 22.7 Å². The number of nitrogens with two attached hydrogens (primary N) is 1. The lowest BCUT2D eigenvalue weighted by Gasteiger charge is -2.19. The second-order valence-corrected chi connectivity index (χ2v) is 8.94. The van der Waals surface area contributed by atoms with Gasteiger partial charge in [-0.1, -0.05) is 61.0 Å². The van der Waals surface area contributed by atoms with Crippen molar-refractivity contribution in [3.8, 4) is 17.1 Å². The minimum Gasteiger partial charge on any atom is -0.364 e. The molecule has 0 aliphatic rings. The molecule has 0 radical (unpaired) electrons. The number of nitrogens with one attached hydrogen (secondary N) is 1. The van der Waals surface area contributed by atoms with E-state index in [1.165, 1.54) is 4.57 Å². The van der Waals surface area contributed by atoms with Crippen LogP contribution >= 0.6 is 15.9 Å². The van der Waals surface area contributed by atoms with Crippen molar-refractivity contribution in [3.63, 3.8) is 0 Å². The highest BCUT2D eigenvalue weighted by molar-refractivity contribution is 9.10. The molecule has 8 heteroatoms. The standard InChI is InChI=1S/C22H20BrN5O2/c1-22(2,3)13-6-10-15(11-7-13)28-20-17(26-21(28)30)16(18(24)29)25-19(27-20)12-4-8-14(23)9-5-12/h4-11H,1-3H3,(H2,24,29)(H,26,30). The number of aromatic nitrogens is 4. The fourth-order valence-electron chi connectivity index (χ4n) is 3.24. The maximum absolute atomic E-state index is 12.8. The van der Waals surface area contributed by atoms with Gasteiger partial charge < -0.3 is 10.7 Å². The molecule has 2 aromatic heterocycles. The number of hydrogen-bond acceptors (Lipinski definition) is 4. The number of carbonyl (C=O) groups is 1. The zero-order valence-electron chi connectivity index (χ0n) is 16.7. The van der Waals surface area contributed by atoms with Gasteiger partial charge in [0.1, 0.15) is 5.52 Å². The molecule has 152 valence electrons. The van der Waals surface area contributed by atoms with E-state index < -0.39 is 11.6 Å². The molecule has 2 aromatic carbocycles. The van der Waals surface area contributed by atoms with E-state index in [1.807, 2.05) is 48.5 Å². The zero-order valence-corrected chi connectivity index (χ0v) is 18.3. The Labute approximate surface area is 181 Å². The number of H-pyrrole nitrogens is 1. The molecule has 3 N–H and O–H groups in total. The van der Waals surface area contributed by atoms with Crippen LogP contribution in [-0.2, 0) is 5.41 Å². The molecular weight excluding hydrogens is 446 g/mol. The van der Waals surface area contributed by atoms with Crippen LogP contribution in [0.5, 0.6) is 0 Å². The highest BCUT2D eigenvalue weighted by Crippen LogP contribution is 2.26. The predicted molar refractivity (Wildman–Crippen MR) is 120 cm³/mol. The van der Waals surface area contributed by atoms with Gasteiger partial charge in [0.2, 0.25) is 0 Å². The number of aromatic amines is 1. The molecule has 4 aromatic rings. The van der Waals surface area contributed by atoms with E-state index >= 15 is 0 Å². The number of rotatable bonds is 3. The van der Waals surface area contributed by atoms with Gasteiger partial charge in [-0.2, -0.15) is 0 Å². The van der Waals surface area contributed by atoms with Gasteiger partial charge in [-0.15, -0.1) is 0 Å². The third kappa shape index (κ3) is 3.54. The normalized spacial score (nSPS) is 11.7. The second kappa shape index (κ2) is 7.21. The van der Waals surface area contributed by atoms with Crippen LogP contribution in [0, 0.1) is 0 Å². The Morgan fingerprint density at radius 2 is 1.67 bits per heavy atom. The van der Waals surface area contributed by atoms with E-state index in [-0.39, 0.29) is 16.6 Å². The lowest BCUT2D eigenvalue weighted by Crippen LogP contribution is -2.16. The molecule has 0 aliphatic carbocycles. The van der Waals surface area contributed by atoms with Crippen molar-refractivity contribution in [2.24, 2.45) is 5.73 Å². The van der Waals surface area contributed by atoms with Gasteiger partial charge in [0.15, 0.2) is 17.2 Å². The number of halogens is 1. The van der Waals surface area contributed by atoms with Crippen molar-refractivity contribution in [2.75, 3.05) is 0 Å². The third-order valence-corrected chi connectivity index (χ3v) is 5.39. The average Bonchev–Trinajstić information content (AvgIpc) is 3.02. The summed E-state index contributed by atoms with van der Waals surface area (Å²) in [5.41, 5.74) is 8.08. The highest BCUT2D eigenvalue weighted by Gasteiger charge is 2.21. The largest absolute Gasteiger partial charge is 0.364 e. The Hall–Kier alpha value is -3.26. The average molecular weight is 466 g/mol. The Morgan fingerprint density at radius 1 is 1.03 bits per heavy atom. The minimum absolute atomic E-state index is 0.0141. The van der Waals surface area contributed by atoms with Gasteiger partial charge in [-0.25, -0.2) is 19.3 Å². The van der Waals surface area contributed by atoms with Crippen molar-refractivity contribution < 1.29 is 4.79 Å². The molecular formula is C22H20BrN5O2. The van der Waals surface area contributed by atoms with Gasteiger partial charge in [-0.05, 0) is 35.2 Å². The minimum atomic E-state index is -0.739. The first-order valence-corrected chi connectivity index (χ1v) is 10.1. The Balaban J connectivity index is 1.97. The molecule has 30 heavy (non-hydrogen) atoms. The topological polar surface area (TPSA) is 107 Å². The van der Waals surface area contributed by atoms with Crippen molar-refractivity contribution in [2.45, 2.75) is 26.2 Å². The fraction of sp³-hybridized carbons (Fsp3) is 0.182. The molecule has 0 saturated heterocycles. The Morgan fingerprint density at radius 3 is 2.23 bits per heavy atom. The predicted octanol–water partition coefficient (Wildman–Crippen LogP) is 3.93. The lowest BCUT2D eigenvalue weighted by molar-refractivity contribution is 0.0997. The van der Waals surface area contributed by atoms with Gasteiger partial charge in [0.25, 0.3) is 5.91 Å². The maximum atomic E-state index is 12.8. The molecule has 0 atom stereocenters. The van der Waals surface area contributed by atoms with Gasteiger partial charge in [-0.3, -0.25) is 4.79 Å². The summed E-state index contributed by atoms with van der Waals surface area (Å²) >= 11 is 3.40. The molecule has 0 aliphatic heterocycles. The molecule has 7 nitrogen and oxygen atoms in total. The summed E-state index contributed by atoms with van der Waals surface area (Å²) < 4.78 is 2.33. The highest BCUT2D eigenvalue weighted by atomic mass is 79.9. The molecule has 0 unspecified atom stereocenters. The summed E-state index contributed by atoms with van der Waals surface area (Å²) in [6.45, 7) is 6.37. The van der Waals surface area contributed by atoms with Crippen molar-refractivity contribution in [1.29, 1.82) is 0 Å². The number of carbonyl (C=O) groups excluding carboxylic acids is 1. The number of nitrogens with zero attached hydrogens (tertiary/aromatic N) is 3. The zero-order chi connectivity index (χ0) is 21.6. The quantitative estimate of drug-likeness (QED) is 0.477. The van der Waals surface area contributed by atoms with Crippen LogP contribution < -0.4 is 11.4 Å². The van der Waals surface area contributed by atoms with Crippen LogP contribution in [0.3, 0.4) is 0 Å². The lowest BCUT2D eigenvalue weighted by atomic mass is 9.87. The number of fused-ring (bicyclic) bond motifs is 1. The number of primary amides is 1. The Kier molecular flexibility index (Phi) is 4.82. The molecule has 1 amide bonds. The second-order valence-electron chi connectivity index (χ2n) is 8.03. The number of amides is 1. The van der Waals surface area contributed by atoms with Crippen LogP contribution in [0.1, 0.15) is 36.8 Å². The van der Waals surface area contributed by atoms with Gasteiger partial charge in [0, 0.05) is 10.0 Å². The number of benzene rings is 2. The van der Waals surface area contributed by atoms with Crippen molar-refractivity contribution in [1.82, 2.24) is 19.5 Å². The van der Waals surface area contributed by atoms with E-state index in [0.717, 1.165) is 10.0 Å². The SMILES string of the molecule is CC(C)(C)c1ccc(-n2c(=O)[nH]c3c(C(N)=O)nc(-c4ccc(Br)cc4)nc32)cc1. The van der Waals surface area contributed by atoms with Crippen LogP contribution in [0.4, 0.5) is 0 Å². The third-order valence-electron chi connectivity index (χ3n) is 4.86. The summed E-state index contributed by atoms with van der Waals surface area (Å²) in [6, 6.07) is 15.0. The van der Waals surface area contributed by atoms with Crippen LogP contribution in [0.25, 0.3) is 28.2 Å². The molecule has 2 heterocycles. The summed E-state index contributed by atoms with van der Waals surface area (Å²) in [6.07, 6.45) is 0. The van der Waals surface area contributed by atoms with Gasteiger partial charge in [0.05, 0.1) is 5.69 Å². The van der Waals surface area contributed by atoms with Crippen molar-refractivity contribution >= 4 is 33.0 Å². The maximum Gasteiger partial charge on any atom is 0.332 e. The first kappa shape index (κ1) is 20.0. The van der Waals surface area contributed by atoms with Crippen molar-refractivity contribution in [3.05, 3.63) is 74.7 Å². The summed E-state index contributed by atoms with van der Waals surface area (Å²) in [7, 11) is 0. The molecule has 0 spiro atoms. The van der Waals surface area contributed by atoms with E-state index in [4.69, 9.17) is 5.73 Å². The van der Waals surface area contributed by atoms with E-state index in [9.17, 15) is 9.59 Å². The monoisotopic (exact) mass is 465 g/mol. The van der Waals surface area contributed by atoms with Crippen LogP contribution in [-0.4, -0.2) is 25.4 Å². The summed E-state index contributed by atoms with van der Waals surface area (Å²) in [5, 5.41) is 0. The summed E-state index contributed by atoms with van der Waals surface area (Å²) in [5.74, 6) is -0.430. The Bertz CT molecular complexity index is 1310. The van der Waals surface area contributed by atoms with Gasteiger partial charge >= 0.3 is 5.69 Å². The fourth-order valence-corrected chi connectivity index (χ4v) is 3.51. The molecule has 0 saturated carbocycles. The first-order valence-electron chi connectivity index (χ1n) is 9.34. The van der Waals surface area contributed by atoms with E-state index in [1.54, 1.807) is 0 Å². The molecule has 0 fully saturated rings.